The molecule has 1 saturated heterocycles. The number of rotatable bonds is 7. The van der Waals surface area contributed by atoms with Crippen LogP contribution in [-0.4, -0.2) is 57.9 Å². The number of nitrogens with two attached hydrogens (primary N) is 1. The van der Waals surface area contributed by atoms with Crippen LogP contribution < -0.4 is 20.5 Å². The molecule has 1 atom stereocenters. The molecule has 0 amide bonds. The zero-order chi connectivity index (χ0) is 19.9. The van der Waals surface area contributed by atoms with E-state index in [0.29, 0.717) is 24.0 Å². The van der Waals surface area contributed by atoms with Gasteiger partial charge in [0.25, 0.3) is 0 Å². The second-order valence-corrected chi connectivity index (χ2v) is 7.85. The van der Waals surface area contributed by atoms with Crippen molar-refractivity contribution in [3.05, 3.63) is 40.1 Å². The molecule has 2 aromatic rings. The number of aryl methyl sites for hydroxylation is 1. The van der Waals surface area contributed by atoms with Gasteiger partial charge in [-0.1, -0.05) is 0 Å². The van der Waals surface area contributed by atoms with E-state index in [1.807, 2.05) is 29.5 Å². The SMILES string of the molecule is COc1ccc(NC(N)=NCC(c2ccc(C)s2)N2CCOCC2)cc1OC.I. The first kappa shape index (κ1) is 23.7. The molecule has 1 aromatic carbocycles. The minimum atomic E-state index is 0. The number of nitrogens with one attached hydrogen (secondary N) is 1. The van der Waals surface area contributed by atoms with Gasteiger partial charge in [-0.25, -0.2) is 0 Å². The highest BCUT2D eigenvalue weighted by atomic mass is 127. The number of morpholine rings is 1. The standard InChI is InChI=1S/C20H28N4O3S.HI/c1-14-4-7-19(28-14)16(24-8-10-27-11-9-24)13-22-20(21)23-15-5-6-17(25-2)18(12-15)26-3;/h4-7,12,16H,8-11,13H2,1-3H3,(H3,21,22,23);1H. The predicted molar refractivity (Wildman–Crippen MR) is 129 cm³/mol. The van der Waals surface area contributed by atoms with Crippen molar-refractivity contribution >= 4 is 47.0 Å². The molecule has 0 bridgehead atoms. The fourth-order valence-corrected chi connectivity index (χ4v) is 4.20. The smallest absolute Gasteiger partial charge is 0.193 e. The molecule has 29 heavy (non-hydrogen) atoms. The molecule has 1 aliphatic heterocycles. The maximum absolute atomic E-state index is 6.16. The first-order valence-corrected chi connectivity index (χ1v) is 10.1. The van der Waals surface area contributed by atoms with Crippen molar-refractivity contribution in [2.75, 3.05) is 52.4 Å². The molecule has 0 radical (unpaired) electrons. The van der Waals surface area contributed by atoms with E-state index in [-0.39, 0.29) is 30.0 Å². The van der Waals surface area contributed by atoms with E-state index in [9.17, 15) is 0 Å². The average Bonchev–Trinajstić information content (AvgIpc) is 3.14. The zero-order valence-corrected chi connectivity index (χ0v) is 20.2. The van der Waals surface area contributed by atoms with Gasteiger partial charge in [0.15, 0.2) is 17.5 Å². The summed E-state index contributed by atoms with van der Waals surface area (Å²) in [6.07, 6.45) is 0. The van der Waals surface area contributed by atoms with Crippen molar-refractivity contribution in [2.24, 2.45) is 10.7 Å². The third-order valence-corrected chi connectivity index (χ3v) is 5.77. The summed E-state index contributed by atoms with van der Waals surface area (Å²) in [5, 5.41) is 3.14. The van der Waals surface area contributed by atoms with E-state index in [4.69, 9.17) is 19.9 Å². The number of methoxy groups -OCH3 is 2. The molecule has 0 aliphatic carbocycles. The number of halogens is 1. The van der Waals surface area contributed by atoms with E-state index >= 15 is 0 Å². The second-order valence-electron chi connectivity index (χ2n) is 6.53. The van der Waals surface area contributed by atoms with Gasteiger partial charge in [0, 0.05) is 34.6 Å². The van der Waals surface area contributed by atoms with Crippen molar-refractivity contribution in [1.82, 2.24) is 4.90 Å². The van der Waals surface area contributed by atoms with Gasteiger partial charge in [-0.05, 0) is 31.2 Å². The van der Waals surface area contributed by atoms with Crippen LogP contribution in [-0.2, 0) is 4.74 Å². The Kier molecular flexibility index (Phi) is 9.47. The van der Waals surface area contributed by atoms with Crippen LogP contribution in [0.3, 0.4) is 0 Å². The van der Waals surface area contributed by atoms with Crippen molar-refractivity contribution < 1.29 is 14.2 Å². The highest BCUT2D eigenvalue weighted by molar-refractivity contribution is 14.0. The third kappa shape index (κ3) is 6.46. The second kappa shape index (κ2) is 11.6. The monoisotopic (exact) mass is 532 g/mol. The Morgan fingerprint density at radius 3 is 2.55 bits per heavy atom. The van der Waals surface area contributed by atoms with Gasteiger partial charge in [-0.3, -0.25) is 9.89 Å². The first-order chi connectivity index (χ1) is 13.6. The number of guanidine groups is 1. The predicted octanol–water partition coefficient (Wildman–Crippen LogP) is 3.49. The molecule has 2 heterocycles. The van der Waals surface area contributed by atoms with Crippen molar-refractivity contribution in [1.29, 1.82) is 0 Å². The Hall–Kier alpha value is -1.56. The Morgan fingerprint density at radius 2 is 1.93 bits per heavy atom. The summed E-state index contributed by atoms with van der Waals surface area (Å²) >= 11 is 1.81. The van der Waals surface area contributed by atoms with Crippen LogP contribution in [0.2, 0.25) is 0 Å². The van der Waals surface area contributed by atoms with Crippen LogP contribution in [0.5, 0.6) is 11.5 Å². The van der Waals surface area contributed by atoms with Crippen molar-refractivity contribution in [3.63, 3.8) is 0 Å². The largest absolute Gasteiger partial charge is 0.493 e. The number of thiophene rings is 1. The highest BCUT2D eigenvalue weighted by Gasteiger charge is 2.23. The minimum Gasteiger partial charge on any atom is -0.493 e. The molecule has 9 heteroatoms. The lowest BCUT2D eigenvalue weighted by molar-refractivity contribution is 0.0187. The van der Waals surface area contributed by atoms with Crippen LogP contribution in [0.1, 0.15) is 15.8 Å². The molecule has 0 saturated carbocycles. The quantitative estimate of drug-likeness (QED) is 0.323. The highest BCUT2D eigenvalue weighted by Crippen LogP contribution is 2.30. The lowest BCUT2D eigenvalue weighted by Gasteiger charge is -2.33. The van der Waals surface area contributed by atoms with E-state index < -0.39 is 0 Å². The topological polar surface area (TPSA) is 81.3 Å². The number of ether oxygens (including phenoxy) is 3. The molecule has 1 aromatic heterocycles. The van der Waals surface area contributed by atoms with Crippen LogP contribution in [0.4, 0.5) is 5.69 Å². The average molecular weight is 532 g/mol. The Morgan fingerprint density at radius 1 is 1.21 bits per heavy atom. The van der Waals surface area contributed by atoms with Crippen LogP contribution >= 0.6 is 35.3 Å². The fraction of sp³-hybridized carbons (Fsp3) is 0.450. The molecule has 3 N–H and O–H groups in total. The minimum absolute atomic E-state index is 0. The normalized spacial score (nSPS) is 16.0. The Labute approximate surface area is 193 Å². The lowest BCUT2D eigenvalue weighted by Crippen LogP contribution is -2.40. The first-order valence-electron chi connectivity index (χ1n) is 9.28. The Bertz CT molecular complexity index is 809. The van der Waals surface area contributed by atoms with Gasteiger partial charge in [0.1, 0.15) is 0 Å². The molecule has 0 spiro atoms. The van der Waals surface area contributed by atoms with Gasteiger partial charge in [-0.2, -0.15) is 0 Å². The maximum Gasteiger partial charge on any atom is 0.193 e. The number of hydrogen-bond donors (Lipinski definition) is 2. The number of hydrogen-bond acceptors (Lipinski definition) is 6. The summed E-state index contributed by atoms with van der Waals surface area (Å²) in [5.74, 6) is 1.68. The molecule has 3 rings (SSSR count). The third-order valence-electron chi connectivity index (χ3n) is 4.67. The molecule has 1 unspecified atom stereocenters. The number of aliphatic imine (C=N–C) groups is 1. The number of anilines is 1. The number of benzene rings is 1. The van der Waals surface area contributed by atoms with E-state index in [1.54, 1.807) is 14.2 Å². The summed E-state index contributed by atoms with van der Waals surface area (Å²) in [6, 6.07) is 10.1. The van der Waals surface area contributed by atoms with E-state index in [2.05, 4.69) is 34.3 Å². The number of nitrogens with zero attached hydrogens (tertiary/aromatic N) is 2. The summed E-state index contributed by atoms with van der Waals surface area (Å²) < 4.78 is 16.1. The van der Waals surface area contributed by atoms with Crippen molar-refractivity contribution in [3.8, 4) is 11.5 Å². The molecule has 1 aliphatic rings. The molecular weight excluding hydrogens is 503 g/mol. The zero-order valence-electron chi connectivity index (χ0n) is 17.0. The molecular formula is C20H29IN4O3S. The van der Waals surface area contributed by atoms with Gasteiger partial charge in [-0.15, -0.1) is 35.3 Å². The summed E-state index contributed by atoms with van der Waals surface area (Å²) in [4.78, 5) is 9.64. The van der Waals surface area contributed by atoms with E-state index in [0.717, 1.165) is 32.0 Å². The molecule has 1 fully saturated rings. The molecule has 160 valence electrons. The summed E-state index contributed by atoms with van der Waals surface area (Å²) in [6.45, 7) is 6.03. The van der Waals surface area contributed by atoms with Crippen LogP contribution in [0, 0.1) is 6.92 Å². The van der Waals surface area contributed by atoms with Gasteiger partial charge in [0.2, 0.25) is 0 Å². The van der Waals surface area contributed by atoms with Crippen molar-refractivity contribution in [2.45, 2.75) is 13.0 Å². The lowest BCUT2D eigenvalue weighted by atomic mass is 10.2. The summed E-state index contributed by atoms with van der Waals surface area (Å²) in [5.41, 5.74) is 6.96. The Balaban J connectivity index is 0.00000300. The fourth-order valence-electron chi connectivity index (χ4n) is 3.19. The van der Waals surface area contributed by atoms with Gasteiger partial charge in [0.05, 0.1) is 40.0 Å². The maximum atomic E-state index is 6.16. The molecule has 7 nitrogen and oxygen atoms in total. The van der Waals surface area contributed by atoms with Gasteiger partial charge >= 0.3 is 0 Å². The van der Waals surface area contributed by atoms with Crippen LogP contribution in [0.15, 0.2) is 35.3 Å². The van der Waals surface area contributed by atoms with Crippen LogP contribution in [0.25, 0.3) is 0 Å². The van der Waals surface area contributed by atoms with E-state index in [1.165, 1.54) is 9.75 Å². The van der Waals surface area contributed by atoms with Gasteiger partial charge < -0.3 is 25.3 Å². The summed E-state index contributed by atoms with van der Waals surface area (Å²) in [7, 11) is 3.22.